The van der Waals surface area contributed by atoms with Crippen LogP contribution in [0, 0.1) is 0 Å². The van der Waals surface area contributed by atoms with Gasteiger partial charge in [0.2, 0.25) is 12.8 Å². The number of anilines is 1. The van der Waals surface area contributed by atoms with Crippen molar-refractivity contribution < 1.29 is 14.4 Å². The Balaban J connectivity index is 2.48. The van der Waals surface area contributed by atoms with Gasteiger partial charge in [-0.05, 0) is 29.0 Å². The number of nitrogens with zero attached hydrogens (tertiary/aromatic N) is 3. The maximum Gasteiger partial charge on any atom is 0.214 e. The lowest BCUT2D eigenvalue weighted by Crippen LogP contribution is -2.22. The van der Waals surface area contributed by atoms with Crippen LogP contribution < -0.4 is 4.90 Å². The first kappa shape index (κ1) is 16.0. The van der Waals surface area contributed by atoms with Gasteiger partial charge >= 0.3 is 0 Å². The first-order chi connectivity index (χ1) is 10.4. The number of carbonyl (C=O) groups is 1. The van der Waals surface area contributed by atoms with Crippen LogP contribution in [0.25, 0.3) is 0 Å². The van der Waals surface area contributed by atoms with Crippen LogP contribution in [0.1, 0.15) is 56.5 Å². The van der Waals surface area contributed by atoms with Crippen LogP contribution in [0.2, 0.25) is 0 Å². The summed E-state index contributed by atoms with van der Waals surface area (Å²) in [7, 11) is 0. The summed E-state index contributed by atoms with van der Waals surface area (Å²) in [6, 6.07) is 3.83. The van der Waals surface area contributed by atoms with Crippen LogP contribution >= 0.6 is 0 Å². The van der Waals surface area contributed by atoms with Gasteiger partial charge in [-0.25, -0.2) is 0 Å². The van der Waals surface area contributed by atoms with Crippen molar-refractivity contribution in [3.8, 4) is 5.75 Å². The lowest BCUT2D eigenvalue weighted by Gasteiger charge is -2.22. The van der Waals surface area contributed by atoms with E-state index in [4.69, 9.17) is 0 Å². The summed E-state index contributed by atoms with van der Waals surface area (Å²) in [6.07, 6.45) is 1.88. The molecule has 2 aromatic rings. The maximum absolute atomic E-state index is 11.5. The second-order valence-corrected chi connectivity index (χ2v) is 5.87. The fraction of sp³-hybridized carbons (Fsp3) is 0.438. The largest absolute Gasteiger partial charge is 0.505 e. The monoisotopic (exact) mass is 303 g/mol. The molecule has 0 atom stereocenters. The molecule has 0 unspecified atom stereocenters. The Morgan fingerprint density at radius 3 is 2.50 bits per heavy atom. The predicted octanol–water partition coefficient (Wildman–Crippen LogP) is 3.19. The average molecular weight is 303 g/mol. The van der Waals surface area contributed by atoms with Crippen LogP contribution in [-0.4, -0.2) is 21.7 Å². The molecule has 0 saturated carbocycles. The number of aromatic hydroxyl groups is 1. The summed E-state index contributed by atoms with van der Waals surface area (Å²) in [5, 5.41) is 14.2. The number of rotatable bonds is 6. The van der Waals surface area contributed by atoms with Gasteiger partial charge < -0.3 is 14.5 Å². The quantitative estimate of drug-likeness (QED) is 0.829. The molecule has 118 valence electrons. The van der Waals surface area contributed by atoms with E-state index < -0.39 is 0 Å². The lowest BCUT2D eigenvalue weighted by atomic mass is 9.93. The minimum atomic E-state index is 0.120. The van der Waals surface area contributed by atoms with Gasteiger partial charge in [-0.3, -0.25) is 4.79 Å². The van der Waals surface area contributed by atoms with Crippen molar-refractivity contribution in [2.75, 3.05) is 4.90 Å². The van der Waals surface area contributed by atoms with E-state index in [9.17, 15) is 9.90 Å². The minimum absolute atomic E-state index is 0.120. The molecule has 1 heterocycles. The van der Waals surface area contributed by atoms with Crippen LogP contribution in [0.3, 0.4) is 0 Å². The zero-order valence-electron chi connectivity index (χ0n) is 13.3. The first-order valence-corrected chi connectivity index (χ1v) is 7.28. The van der Waals surface area contributed by atoms with Gasteiger partial charge in [-0.2, -0.15) is 4.98 Å². The molecule has 0 saturated heterocycles. The minimum Gasteiger partial charge on any atom is -0.505 e. The molecule has 0 spiro atoms. The molecule has 1 aromatic carbocycles. The van der Waals surface area contributed by atoms with E-state index in [1.54, 1.807) is 0 Å². The average Bonchev–Trinajstić information content (AvgIpc) is 2.97. The first-order valence-electron chi connectivity index (χ1n) is 7.28. The van der Waals surface area contributed by atoms with Crippen molar-refractivity contribution in [3.63, 3.8) is 0 Å². The third kappa shape index (κ3) is 3.27. The van der Waals surface area contributed by atoms with E-state index in [0.29, 0.717) is 17.9 Å². The second-order valence-electron chi connectivity index (χ2n) is 5.87. The van der Waals surface area contributed by atoms with E-state index >= 15 is 0 Å². The van der Waals surface area contributed by atoms with Crippen molar-refractivity contribution in [1.29, 1.82) is 0 Å². The summed E-state index contributed by atoms with van der Waals surface area (Å²) < 4.78 is 4.68. The molecule has 6 nitrogen and oxygen atoms in total. The molecule has 2 rings (SSSR count). The van der Waals surface area contributed by atoms with E-state index in [0.717, 1.165) is 11.1 Å². The van der Waals surface area contributed by atoms with E-state index in [1.807, 2.05) is 26.0 Å². The highest BCUT2D eigenvalue weighted by atomic mass is 16.5. The Kier molecular flexibility index (Phi) is 4.80. The van der Waals surface area contributed by atoms with Gasteiger partial charge in [0, 0.05) is 0 Å². The van der Waals surface area contributed by atoms with Gasteiger partial charge in [0.1, 0.15) is 5.75 Å². The fourth-order valence-corrected chi connectivity index (χ4v) is 2.25. The molecular weight excluding hydrogens is 282 g/mol. The molecule has 0 fully saturated rings. The van der Waals surface area contributed by atoms with Gasteiger partial charge in [0.25, 0.3) is 0 Å². The molecule has 0 bridgehead atoms. The molecule has 1 aromatic heterocycles. The third-order valence-corrected chi connectivity index (χ3v) is 3.59. The molecule has 6 heteroatoms. The number of benzene rings is 1. The molecule has 0 aliphatic rings. The summed E-state index contributed by atoms with van der Waals surface area (Å²) in [4.78, 5) is 16.8. The van der Waals surface area contributed by atoms with Crippen molar-refractivity contribution in [1.82, 2.24) is 10.1 Å². The van der Waals surface area contributed by atoms with Crippen LogP contribution in [-0.2, 0) is 11.3 Å². The highest BCUT2D eigenvalue weighted by Crippen LogP contribution is 2.38. The Morgan fingerprint density at radius 1 is 1.27 bits per heavy atom. The number of amides is 1. The number of phenolic OH excluding ortho intramolecular Hbond substituents is 1. The Morgan fingerprint density at radius 2 is 2.00 bits per heavy atom. The molecule has 0 aliphatic heterocycles. The Labute approximate surface area is 129 Å². The van der Waals surface area contributed by atoms with Gasteiger partial charge in [-0.15, -0.1) is 0 Å². The molecule has 0 aliphatic carbocycles. The third-order valence-electron chi connectivity index (χ3n) is 3.59. The summed E-state index contributed by atoms with van der Waals surface area (Å²) in [5.74, 6) is 0.939. The summed E-state index contributed by atoms with van der Waals surface area (Å²) in [6.45, 7) is 8.31. The molecule has 1 N–H and O–H groups in total. The Hall–Kier alpha value is -2.37. The molecule has 0 radical (unpaired) electrons. The maximum atomic E-state index is 11.5. The molecular formula is C16H21N3O3. The number of hydrogen-bond acceptors (Lipinski definition) is 5. The van der Waals surface area contributed by atoms with Gasteiger partial charge in [0.05, 0.1) is 12.2 Å². The van der Waals surface area contributed by atoms with Crippen molar-refractivity contribution in [2.24, 2.45) is 0 Å². The highest BCUT2D eigenvalue weighted by Gasteiger charge is 2.19. The molecule has 22 heavy (non-hydrogen) atoms. The topological polar surface area (TPSA) is 79.5 Å². The smallest absolute Gasteiger partial charge is 0.214 e. The second kappa shape index (κ2) is 6.60. The number of aromatic nitrogens is 2. The van der Waals surface area contributed by atoms with E-state index in [1.165, 1.54) is 11.3 Å². The lowest BCUT2D eigenvalue weighted by molar-refractivity contribution is -0.107. The van der Waals surface area contributed by atoms with Crippen LogP contribution in [0.4, 0.5) is 5.69 Å². The van der Waals surface area contributed by atoms with E-state index in [2.05, 4.69) is 28.5 Å². The number of carbonyl (C=O) groups excluding carboxylic acids is 1. The molecule has 1 amide bonds. The van der Waals surface area contributed by atoms with Crippen molar-refractivity contribution in [2.45, 2.75) is 46.1 Å². The van der Waals surface area contributed by atoms with Crippen molar-refractivity contribution >= 4 is 12.1 Å². The highest BCUT2D eigenvalue weighted by molar-refractivity contribution is 5.80. The SMILES string of the molecule is CC(C)c1cc(C(C)C)c(O)c(N(C=O)Cc2ncon2)c1. The normalized spacial score (nSPS) is 11.2. The van der Waals surface area contributed by atoms with Crippen LogP contribution in [0.5, 0.6) is 5.75 Å². The van der Waals surface area contributed by atoms with Gasteiger partial charge in [0.15, 0.2) is 5.82 Å². The summed E-state index contributed by atoms with van der Waals surface area (Å²) in [5.41, 5.74) is 2.35. The predicted molar refractivity (Wildman–Crippen MR) is 82.8 cm³/mol. The zero-order valence-corrected chi connectivity index (χ0v) is 13.3. The van der Waals surface area contributed by atoms with Gasteiger partial charge in [-0.1, -0.05) is 38.9 Å². The standard InChI is InChI=1S/C16H21N3O3/c1-10(2)12-5-13(11(3)4)16(21)14(6-12)19(9-20)7-15-17-8-22-18-15/h5-6,8-11,21H,7H2,1-4H3. The Bertz CT molecular complexity index is 636. The van der Waals surface area contributed by atoms with Crippen LogP contribution in [0.15, 0.2) is 23.0 Å². The summed E-state index contributed by atoms with van der Waals surface area (Å²) >= 11 is 0. The zero-order chi connectivity index (χ0) is 16.3. The number of phenols is 1. The van der Waals surface area contributed by atoms with E-state index in [-0.39, 0.29) is 24.1 Å². The van der Waals surface area contributed by atoms with Crippen molar-refractivity contribution in [3.05, 3.63) is 35.5 Å². The number of hydrogen-bond donors (Lipinski definition) is 1. The fourth-order valence-electron chi connectivity index (χ4n) is 2.25.